The molecule has 1 aromatic heterocycles. The summed E-state index contributed by atoms with van der Waals surface area (Å²) >= 11 is 2.05. The molecule has 7 nitrogen and oxygen atoms in total. The number of aromatic nitrogens is 2. The molecule has 1 amide bonds. The van der Waals surface area contributed by atoms with E-state index in [0.717, 1.165) is 5.69 Å². The first kappa shape index (κ1) is 19.7. The topological polar surface area (TPSA) is 81.5 Å². The van der Waals surface area contributed by atoms with Crippen LogP contribution in [0.2, 0.25) is 0 Å². The number of para-hydroxylation sites is 1. The van der Waals surface area contributed by atoms with Gasteiger partial charge >= 0.3 is 0 Å². The van der Waals surface area contributed by atoms with Crippen molar-refractivity contribution in [1.29, 1.82) is 0 Å². The molecule has 1 saturated heterocycles. The zero-order chi connectivity index (χ0) is 20.9. The molecule has 30 heavy (non-hydrogen) atoms. The number of hydrogen-bond acceptors (Lipinski definition) is 5. The summed E-state index contributed by atoms with van der Waals surface area (Å²) in [5.41, 5.74) is 2.69. The molecule has 0 saturated carbocycles. The molecule has 3 heterocycles. The fourth-order valence-corrected chi connectivity index (χ4v) is 7.15. The molecule has 2 aliphatic heterocycles. The highest BCUT2D eigenvalue weighted by atomic mass is 127. The van der Waals surface area contributed by atoms with E-state index in [2.05, 4.69) is 27.7 Å². The number of sulfone groups is 1. The number of halogens is 1. The van der Waals surface area contributed by atoms with Crippen LogP contribution in [0.5, 0.6) is 0 Å². The highest BCUT2D eigenvalue weighted by molar-refractivity contribution is 14.1. The minimum atomic E-state index is -3.60. The molecule has 2 aromatic carbocycles. The van der Waals surface area contributed by atoms with Crippen LogP contribution in [0, 0.1) is 3.57 Å². The number of hydrogen-bond donors (Lipinski definition) is 0. The quantitative estimate of drug-likeness (QED) is 0.472. The number of carbonyl (C=O) groups excluding carboxylic acids is 1. The van der Waals surface area contributed by atoms with Crippen LogP contribution in [-0.2, 0) is 20.3 Å². The van der Waals surface area contributed by atoms with Crippen LogP contribution in [0.25, 0.3) is 16.9 Å². The summed E-state index contributed by atoms with van der Waals surface area (Å²) in [6.45, 7) is 1.86. The Morgan fingerprint density at radius 2 is 1.77 bits per heavy atom. The highest BCUT2D eigenvalue weighted by Crippen LogP contribution is 2.42. The minimum absolute atomic E-state index is 0.198. The summed E-state index contributed by atoms with van der Waals surface area (Å²) in [5.74, 6) is -0.498. The maximum absolute atomic E-state index is 13.3. The Bertz CT molecular complexity index is 1250. The number of nitrogens with zero attached hydrogens (tertiary/aromatic N) is 3. The summed E-state index contributed by atoms with van der Waals surface area (Å²) in [6.07, 6.45) is 0. The summed E-state index contributed by atoms with van der Waals surface area (Å²) in [4.78, 5) is 15.3. The zero-order valence-corrected chi connectivity index (χ0v) is 18.9. The van der Waals surface area contributed by atoms with Crippen molar-refractivity contribution in [1.82, 2.24) is 14.7 Å². The van der Waals surface area contributed by atoms with Crippen LogP contribution < -0.4 is 0 Å². The first-order valence-corrected chi connectivity index (χ1v) is 12.3. The van der Waals surface area contributed by atoms with Crippen LogP contribution in [0.15, 0.2) is 53.4 Å². The summed E-state index contributed by atoms with van der Waals surface area (Å²) in [6, 6.07) is 14.9. The third kappa shape index (κ3) is 3.15. The number of carbonyl (C=O) groups is 1. The van der Waals surface area contributed by atoms with Crippen molar-refractivity contribution >= 4 is 38.3 Å². The average molecular weight is 535 g/mol. The van der Waals surface area contributed by atoms with Gasteiger partial charge in [0.1, 0.15) is 0 Å². The second kappa shape index (κ2) is 7.47. The lowest BCUT2D eigenvalue weighted by molar-refractivity contribution is 0.0298. The number of amides is 1. The van der Waals surface area contributed by atoms with E-state index in [1.807, 2.05) is 36.4 Å². The maximum atomic E-state index is 13.3. The molecule has 2 aliphatic rings. The van der Waals surface area contributed by atoms with Crippen molar-refractivity contribution in [3.8, 4) is 16.9 Å². The van der Waals surface area contributed by atoms with E-state index < -0.39 is 9.84 Å². The lowest BCUT2D eigenvalue weighted by Gasteiger charge is -2.26. The first-order chi connectivity index (χ1) is 14.5. The fraction of sp³-hybridized carbons (Fsp3) is 0.238. The van der Waals surface area contributed by atoms with E-state index in [0.29, 0.717) is 51.6 Å². The van der Waals surface area contributed by atoms with Gasteiger partial charge in [-0.3, -0.25) is 4.79 Å². The zero-order valence-electron chi connectivity index (χ0n) is 15.9. The van der Waals surface area contributed by atoms with Gasteiger partial charge in [-0.15, -0.1) is 0 Å². The molecule has 0 spiro atoms. The number of fused-ring (bicyclic) bond motifs is 3. The summed E-state index contributed by atoms with van der Waals surface area (Å²) in [5, 5.41) is 4.65. The molecule has 0 radical (unpaired) electrons. The van der Waals surface area contributed by atoms with Gasteiger partial charge in [-0.25, -0.2) is 13.1 Å². The van der Waals surface area contributed by atoms with Gasteiger partial charge in [0.2, 0.25) is 0 Å². The van der Waals surface area contributed by atoms with E-state index in [1.165, 1.54) is 0 Å². The molecule has 1 fully saturated rings. The van der Waals surface area contributed by atoms with Gasteiger partial charge in [-0.1, -0.05) is 30.3 Å². The molecular weight excluding hydrogens is 517 g/mol. The van der Waals surface area contributed by atoms with Crippen molar-refractivity contribution in [3.05, 3.63) is 63.4 Å². The average Bonchev–Trinajstić information content (AvgIpc) is 3.13. The second-order valence-electron chi connectivity index (χ2n) is 7.20. The Morgan fingerprint density at radius 1 is 1.03 bits per heavy atom. The molecule has 9 heteroatoms. The van der Waals surface area contributed by atoms with Crippen molar-refractivity contribution in [2.24, 2.45) is 0 Å². The molecule has 154 valence electrons. The number of rotatable bonds is 2. The normalized spacial score (nSPS) is 17.3. The van der Waals surface area contributed by atoms with E-state index >= 15 is 0 Å². The van der Waals surface area contributed by atoms with Crippen LogP contribution in [0.3, 0.4) is 0 Å². The molecule has 0 bridgehead atoms. The highest BCUT2D eigenvalue weighted by Gasteiger charge is 2.38. The molecule has 0 N–H and O–H groups in total. The van der Waals surface area contributed by atoms with E-state index in [1.54, 1.807) is 21.7 Å². The second-order valence-corrected chi connectivity index (χ2v) is 10.3. The molecule has 0 aliphatic carbocycles. The monoisotopic (exact) mass is 535 g/mol. The number of morpholine rings is 1. The van der Waals surface area contributed by atoms with E-state index in [9.17, 15) is 13.2 Å². The van der Waals surface area contributed by atoms with Crippen LogP contribution in [-0.4, -0.2) is 55.3 Å². The van der Waals surface area contributed by atoms with E-state index in [4.69, 9.17) is 4.74 Å². The fourth-order valence-electron chi connectivity index (χ4n) is 3.98. The van der Waals surface area contributed by atoms with Crippen molar-refractivity contribution in [2.75, 3.05) is 26.3 Å². The minimum Gasteiger partial charge on any atom is -0.378 e. The van der Waals surface area contributed by atoms with Gasteiger partial charge in [-0.05, 0) is 40.8 Å². The Balaban J connectivity index is 1.78. The van der Waals surface area contributed by atoms with Crippen LogP contribution in [0.4, 0.5) is 0 Å². The Labute approximate surface area is 187 Å². The Kier molecular flexibility index (Phi) is 4.91. The Morgan fingerprint density at radius 3 is 2.50 bits per heavy atom. The van der Waals surface area contributed by atoms with Crippen molar-refractivity contribution in [2.45, 2.75) is 10.6 Å². The van der Waals surface area contributed by atoms with E-state index in [-0.39, 0.29) is 17.4 Å². The molecule has 0 unspecified atom stereocenters. The van der Waals surface area contributed by atoms with Gasteiger partial charge in [-0.2, -0.15) is 5.10 Å². The first-order valence-electron chi connectivity index (χ1n) is 9.53. The number of benzene rings is 2. The lowest BCUT2D eigenvalue weighted by Crippen LogP contribution is -2.41. The molecule has 5 rings (SSSR count). The molecule has 0 atom stereocenters. The van der Waals surface area contributed by atoms with Gasteiger partial charge in [0.15, 0.2) is 15.5 Å². The van der Waals surface area contributed by atoms with Crippen LogP contribution >= 0.6 is 22.6 Å². The number of ether oxygens (including phenoxy) is 1. The third-order valence-corrected chi connectivity index (χ3v) is 8.35. The van der Waals surface area contributed by atoms with Gasteiger partial charge < -0.3 is 9.64 Å². The molecule has 3 aromatic rings. The third-order valence-electron chi connectivity index (χ3n) is 5.35. The van der Waals surface area contributed by atoms with Gasteiger partial charge in [0, 0.05) is 27.8 Å². The predicted molar refractivity (Wildman–Crippen MR) is 119 cm³/mol. The molecular formula is C21H18IN3O4S. The summed E-state index contributed by atoms with van der Waals surface area (Å²) in [7, 11) is -3.60. The largest absolute Gasteiger partial charge is 0.378 e. The van der Waals surface area contributed by atoms with Crippen molar-refractivity contribution in [3.63, 3.8) is 0 Å². The SMILES string of the molecule is O=C(c1nn(-c2ccccc2)c2c1CS(=O)(=O)c1c(I)cccc1-2)N1CCOCC1. The summed E-state index contributed by atoms with van der Waals surface area (Å²) < 4.78 is 34.0. The Hall–Kier alpha value is -2.24. The smallest absolute Gasteiger partial charge is 0.274 e. The lowest BCUT2D eigenvalue weighted by atomic mass is 10.0. The maximum Gasteiger partial charge on any atom is 0.274 e. The van der Waals surface area contributed by atoms with Crippen LogP contribution in [0.1, 0.15) is 16.1 Å². The van der Waals surface area contributed by atoms with Crippen molar-refractivity contribution < 1.29 is 17.9 Å². The van der Waals surface area contributed by atoms with Gasteiger partial charge in [0.05, 0.1) is 35.2 Å². The van der Waals surface area contributed by atoms with Gasteiger partial charge in [0.25, 0.3) is 5.91 Å². The predicted octanol–water partition coefficient (Wildman–Crippen LogP) is 2.90. The standard InChI is InChI=1S/C21H18IN3O4S/c22-17-8-4-7-15-19-16(13-30(27,28)20(15)17)18(21(26)24-9-11-29-12-10-24)23-25(19)14-5-2-1-3-6-14/h1-8H,9-13H2.